The minimum atomic E-state index is -0.471. The first-order valence-corrected chi connectivity index (χ1v) is 11.4. The van der Waals surface area contributed by atoms with Crippen molar-refractivity contribution in [2.75, 3.05) is 31.8 Å². The summed E-state index contributed by atoms with van der Waals surface area (Å²) in [7, 11) is 1.59. The van der Waals surface area contributed by atoms with Gasteiger partial charge in [0.2, 0.25) is 11.8 Å². The van der Waals surface area contributed by atoms with Gasteiger partial charge in [0.15, 0.2) is 11.5 Å². The molecule has 0 aromatic heterocycles. The first kappa shape index (κ1) is 23.8. The van der Waals surface area contributed by atoms with Crippen LogP contribution in [0.2, 0.25) is 0 Å². The number of nitrogens with one attached hydrogen (secondary N) is 1. The maximum atomic E-state index is 12.6. The Kier molecular flexibility index (Phi) is 8.32. The van der Waals surface area contributed by atoms with Crippen LogP contribution >= 0.6 is 22.6 Å². The highest BCUT2D eigenvalue weighted by molar-refractivity contribution is 14.1. The summed E-state index contributed by atoms with van der Waals surface area (Å²) >= 11 is 2.18. The Labute approximate surface area is 201 Å². The highest BCUT2D eigenvalue weighted by atomic mass is 127. The summed E-state index contributed by atoms with van der Waals surface area (Å²) in [5.74, 6) is 1.17. The molecule has 0 unspecified atom stereocenters. The Morgan fingerprint density at radius 2 is 1.94 bits per heavy atom. The number of hydrogen-bond acceptors (Lipinski definition) is 6. The third-order valence-electron chi connectivity index (χ3n) is 4.89. The lowest BCUT2D eigenvalue weighted by molar-refractivity contribution is -0.126. The van der Waals surface area contributed by atoms with Gasteiger partial charge in [-0.25, -0.2) is 5.43 Å². The number of nitrogens with zero attached hydrogens (tertiary/aromatic N) is 2. The Morgan fingerprint density at radius 3 is 2.59 bits per heavy atom. The van der Waals surface area contributed by atoms with Crippen molar-refractivity contribution < 1.29 is 23.8 Å². The number of ether oxygens (including phenoxy) is 3. The van der Waals surface area contributed by atoms with Crippen LogP contribution in [0.15, 0.2) is 41.5 Å². The van der Waals surface area contributed by atoms with Gasteiger partial charge < -0.3 is 19.1 Å². The summed E-state index contributed by atoms with van der Waals surface area (Å²) < 4.78 is 17.4. The van der Waals surface area contributed by atoms with E-state index in [9.17, 15) is 9.59 Å². The first-order chi connectivity index (χ1) is 15.5. The number of carbonyl (C=O) groups excluding carboxylic acids is 2. The van der Waals surface area contributed by atoms with E-state index in [4.69, 9.17) is 14.2 Å². The monoisotopic (exact) mass is 551 g/mol. The predicted octanol–water partition coefficient (Wildman–Crippen LogP) is 3.60. The van der Waals surface area contributed by atoms with Crippen LogP contribution in [0, 0.1) is 9.49 Å². The van der Waals surface area contributed by atoms with Crippen molar-refractivity contribution in [2.45, 2.75) is 20.3 Å². The molecule has 1 aliphatic rings. The van der Waals surface area contributed by atoms with Crippen molar-refractivity contribution in [3.05, 3.63) is 45.5 Å². The number of carbonyl (C=O) groups is 2. The van der Waals surface area contributed by atoms with Crippen LogP contribution in [0.25, 0.3) is 0 Å². The Morgan fingerprint density at radius 1 is 1.22 bits per heavy atom. The van der Waals surface area contributed by atoms with Gasteiger partial charge >= 0.3 is 0 Å². The lowest BCUT2D eigenvalue weighted by Crippen LogP contribution is -2.30. The molecule has 32 heavy (non-hydrogen) atoms. The summed E-state index contributed by atoms with van der Waals surface area (Å²) in [5.41, 5.74) is 4.06. The SMILES string of the molecule is CCOc1cc(/C=N/NC(=O)[C@H]2CC(=O)N(c3ccc(OC)cc3)C2)cc(I)c1OCC. The quantitative estimate of drug-likeness (QED) is 0.293. The summed E-state index contributed by atoms with van der Waals surface area (Å²) in [6, 6.07) is 10.9. The molecule has 1 heterocycles. The number of amides is 2. The van der Waals surface area contributed by atoms with Crippen molar-refractivity contribution in [1.82, 2.24) is 5.43 Å². The van der Waals surface area contributed by atoms with Crippen molar-refractivity contribution in [1.29, 1.82) is 0 Å². The molecule has 0 radical (unpaired) electrons. The second-order valence-electron chi connectivity index (χ2n) is 7.03. The number of benzene rings is 2. The fourth-order valence-electron chi connectivity index (χ4n) is 3.37. The molecule has 0 bridgehead atoms. The van der Waals surface area contributed by atoms with Crippen LogP contribution < -0.4 is 24.5 Å². The van der Waals surface area contributed by atoms with Gasteiger partial charge in [-0.1, -0.05) is 0 Å². The predicted molar refractivity (Wildman–Crippen MR) is 131 cm³/mol. The summed E-state index contributed by atoms with van der Waals surface area (Å²) in [5, 5.41) is 4.08. The highest BCUT2D eigenvalue weighted by Gasteiger charge is 2.35. The molecule has 1 atom stereocenters. The first-order valence-electron chi connectivity index (χ1n) is 10.3. The van der Waals surface area contributed by atoms with Crippen LogP contribution in [-0.2, 0) is 9.59 Å². The van der Waals surface area contributed by atoms with Gasteiger partial charge in [-0.3, -0.25) is 9.59 Å². The van der Waals surface area contributed by atoms with Crippen LogP contribution in [0.3, 0.4) is 0 Å². The minimum Gasteiger partial charge on any atom is -0.497 e. The van der Waals surface area contributed by atoms with E-state index < -0.39 is 5.92 Å². The van der Waals surface area contributed by atoms with E-state index >= 15 is 0 Å². The summed E-state index contributed by atoms with van der Waals surface area (Å²) in [6.45, 7) is 5.17. The Balaban J connectivity index is 1.63. The zero-order valence-corrected chi connectivity index (χ0v) is 20.4. The van der Waals surface area contributed by atoms with Crippen LogP contribution in [-0.4, -0.2) is 44.9 Å². The number of halogens is 1. The normalized spacial score (nSPS) is 15.8. The zero-order chi connectivity index (χ0) is 23.1. The molecule has 0 saturated carbocycles. The number of rotatable bonds is 9. The molecule has 1 aliphatic heterocycles. The van der Waals surface area contributed by atoms with Crippen molar-refractivity contribution >= 4 is 46.3 Å². The second-order valence-corrected chi connectivity index (χ2v) is 8.20. The summed E-state index contributed by atoms with van der Waals surface area (Å²) in [6.07, 6.45) is 1.69. The average molecular weight is 551 g/mol. The topological polar surface area (TPSA) is 89.5 Å². The largest absolute Gasteiger partial charge is 0.497 e. The third kappa shape index (κ3) is 5.70. The van der Waals surface area contributed by atoms with Gasteiger partial charge in [0.25, 0.3) is 0 Å². The average Bonchev–Trinajstić information content (AvgIpc) is 3.18. The maximum Gasteiger partial charge on any atom is 0.245 e. The van der Waals surface area contributed by atoms with E-state index in [1.54, 1.807) is 42.5 Å². The van der Waals surface area contributed by atoms with Gasteiger partial charge in [0.1, 0.15) is 5.75 Å². The number of anilines is 1. The molecule has 3 rings (SSSR count). The minimum absolute atomic E-state index is 0.0956. The Hall–Kier alpha value is -2.82. The van der Waals surface area contributed by atoms with E-state index in [1.165, 1.54) is 0 Å². The van der Waals surface area contributed by atoms with Crippen LogP contribution in [0.5, 0.6) is 17.2 Å². The van der Waals surface area contributed by atoms with E-state index in [0.717, 1.165) is 14.8 Å². The molecule has 2 aromatic carbocycles. The molecule has 170 valence electrons. The number of hydrogen-bond donors (Lipinski definition) is 1. The molecule has 1 fully saturated rings. The molecule has 2 aromatic rings. The molecular weight excluding hydrogens is 525 g/mol. The van der Waals surface area contributed by atoms with Crippen molar-refractivity contribution in [3.8, 4) is 17.2 Å². The van der Waals surface area contributed by atoms with Crippen molar-refractivity contribution in [2.24, 2.45) is 11.0 Å². The summed E-state index contributed by atoms with van der Waals surface area (Å²) in [4.78, 5) is 26.6. The van der Waals surface area contributed by atoms with Crippen molar-refractivity contribution in [3.63, 3.8) is 0 Å². The fraction of sp³-hybridized carbons (Fsp3) is 0.348. The zero-order valence-electron chi connectivity index (χ0n) is 18.3. The van der Waals surface area contributed by atoms with Crippen LogP contribution in [0.4, 0.5) is 5.69 Å². The molecule has 1 N–H and O–H groups in total. The van der Waals surface area contributed by atoms with Gasteiger partial charge in [-0.15, -0.1) is 0 Å². The van der Waals surface area contributed by atoms with Gasteiger partial charge in [-0.05, 0) is 78.4 Å². The highest BCUT2D eigenvalue weighted by Crippen LogP contribution is 2.34. The number of methoxy groups -OCH3 is 1. The third-order valence-corrected chi connectivity index (χ3v) is 5.69. The number of hydrazone groups is 1. The fourth-order valence-corrected chi connectivity index (χ4v) is 4.15. The Bertz CT molecular complexity index is 994. The molecule has 8 nitrogen and oxygen atoms in total. The van der Waals surface area contributed by atoms with E-state index in [0.29, 0.717) is 37.0 Å². The van der Waals surface area contributed by atoms with E-state index in [1.807, 2.05) is 26.0 Å². The molecule has 2 amide bonds. The smallest absolute Gasteiger partial charge is 0.245 e. The lowest BCUT2D eigenvalue weighted by atomic mass is 10.1. The van der Waals surface area contributed by atoms with Gasteiger partial charge in [0, 0.05) is 18.7 Å². The standard InChI is InChI=1S/C23H26IN3O5/c1-4-31-20-11-15(10-19(24)22(20)32-5-2)13-25-26-23(29)16-12-21(28)27(14-16)17-6-8-18(30-3)9-7-17/h6-11,13,16H,4-5,12,14H2,1-3H3,(H,26,29)/b25-13+/t16-/m0/s1. The molecule has 0 spiro atoms. The molecule has 1 saturated heterocycles. The van der Waals surface area contributed by atoms with E-state index in [-0.39, 0.29) is 18.2 Å². The van der Waals surface area contributed by atoms with Crippen LogP contribution in [0.1, 0.15) is 25.8 Å². The lowest BCUT2D eigenvalue weighted by Gasteiger charge is -2.16. The molecular formula is C23H26IN3O5. The van der Waals surface area contributed by atoms with Gasteiger partial charge in [-0.2, -0.15) is 5.10 Å². The van der Waals surface area contributed by atoms with E-state index in [2.05, 4.69) is 33.1 Å². The van der Waals surface area contributed by atoms with Gasteiger partial charge in [0.05, 0.1) is 36.0 Å². The maximum absolute atomic E-state index is 12.6. The molecule has 9 heteroatoms. The second kappa shape index (κ2) is 11.2. The molecule has 0 aliphatic carbocycles.